The molecular formula is C32H32N2O2. The van der Waals surface area contributed by atoms with Crippen LogP contribution in [-0.2, 0) is 0 Å². The molecule has 36 heavy (non-hydrogen) atoms. The molecule has 182 valence electrons. The Balaban J connectivity index is 1.86. The summed E-state index contributed by atoms with van der Waals surface area (Å²) in [5.74, 6) is 0.505. The van der Waals surface area contributed by atoms with E-state index in [9.17, 15) is 10.2 Å². The highest BCUT2D eigenvalue weighted by molar-refractivity contribution is 5.95. The third-order valence-electron chi connectivity index (χ3n) is 6.69. The zero-order chi connectivity index (χ0) is 26.0. The number of benzene rings is 4. The van der Waals surface area contributed by atoms with Crippen molar-refractivity contribution in [1.29, 1.82) is 0 Å². The summed E-state index contributed by atoms with van der Waals surface area (Å²) < 4.78 is 0. The topological polar surface area (TPSA) is 65.2 Å². The van der Waals surface area contributed by atoms with Gasteiger partial charge in [0, 0.05) is 34.7 Å². The van der Waals surface area contributed by atoms with Crippen LogP contribution in [0.1, 0.15) is 44.5 Å². The van der Waals surface area contributed by atoms with Crippen LogP contribution in [0, 0.1) is 41.5 Å². The number of aromatic hydroxyl groups is 2. The monoisotopic (exact) mass is 476 g/mol. The third kappa shape index (κ3) is 4.80. The van der Waals surface area contributed by atoms with Crippen molar-refractivity contribution >= 4 is 23.8 Å². The van der Waals surface area contributed by atoms with Gasteiger partial charge < -0.3 is 10.2 Å². The lowest BCUT2D eigenvalue weighted by Gasteiger charge is -2.15. The fraction of sp³-hybridized carbons (Fsp3) is 0.188. The second-order valence-electron chi connectivity index (χ2n) is 9.38. The second-order valence-corrected chi connectivity index (χ2v) is 9.38. The van der Waals surface area contributed by atoms with Gasteiger partial charge in [0.15, 0.2) is 0 Å². The summed E-state index contributed by atoms with van der Waals surface area (Å²) in [5, 5.41) is 21.2. The lowest BCUT2D eigenvalue weighted by atomic mass is 9.93. The van der Waals surface area contributed by atoms with Crippen LogP contribution in [-0.4, -0.2) is 22.6 Å². The molecule has 0 saturated heterocycles. The van der Waals surface area contributed by atoms with Crippen molar-refractivity contribution in [2.75, 3.05) is 0 Å². The van der Waals surface area contributed by atoms with Crippen molar-refractivity contribution in [1.82, 2.24) is 0 Å². The standard InChI is InChI=1S/C32H32N2O2/c1-19-13-15-23(5)31(35)25(19)17-33-27-11-7-9-21(3)29(27)30-22(4)10-8-12-28(30)34-18-26-20(2)14-16-24(6)32(26)36/h7-18,35-36H,1-6H3. The number of nitrogens with zero attached hydrogens (tertiary/aromatic N) is 2. The lowest BCUT2D eigenvalue weighted by molar-refractivity contribution is 0.469. The normalized spacial score (nSPS) is 11.6. The largest absolute Gasteiger partial charge is 0.507 e. The molecule has 0 aliphatic rings. The molecule has 0 aliphatic heterocycles. The van der Waals surface area contributed by atoms with Gasteiger partial charge in [-0.05, 0) is 87.1 Å². The average molecular weight is 477 g/mol. The highest BCUT2D eigenvalue weighted by Gasteiger charge is 2.15. The maximum absolute atomic E-state index is 10.6. The number of hydrogen-bond acceptors (Lipinski definition) is 4. The van der Waals surface area contributed by atoms with Crippen LogP contribution in [0.3, 0.4) is 0 Å². The molecule has 4 heteroatoms. The van der Waals surface area contributed by atoms with Gasteiger partial charge in [0.05, 0.1) is 11.4 Å². The molecule has 0 spiro atoms. The lowest BCUT2D eigenvalue weighted by Crippen LogP contribution is -1.93. The van der Waals surface area contributed by atoms with E-state index in [2.05, 4.69) is 26.0 Å². The Bertz CT molecular complexity index is 1400. The van der Waals surface area contributed by atoms with Gasteiger partial charge in [-0.2, -0.15) is 0 Å². The molecule has 0 radical (unpaired) electrons. The Morgan fingerprint density at radius 1 is 0.472 bits per heavy atom. The molecule has 0 atom stereocenters. The van der Waals surface area contributed by atoms with E-state index in [4.69, 9.17) is 9.98 Å². The molecule has 4 nitrogen and oxygen atoms in total. The molecule has 4 aromatic carbocycles. The Labute approximate surface area is 213 Å². The summed E-state index contributed by atoms with van der Waals surface area (Å²) in [6.07, 6.45) is 3.48. The number of aliphatic imine (C=N–C) groups is 2. The van der Waals surface area contributed by atoms with Gasteiger partial charge in [0.1, 0.15) is 11.5 Å². The number of phenolic OH excluding ortho intramolecular Hbond substituents is 2. The van der Waals surface area contributed by atoms with E-state index in [1.165, 1.54) is 0 Å². The van der Waals surface area contributed by atoms with Crippen molar-refractivity contribution in [2.45, 2.75) is 41.5 Å². The van der Waals surface area contributed by atoms with Crippen molar-refractivity contribution in [3.63, 3.8) is 0 Å². The Hall–Kier alpha value is -4.18. The van der Waals surface area contributed by atoms with Gasteiger partial charge in [-0.25, -0.2) is 0 Å². The summed E-state index contributed by atoms with van der Waals surface area (Å²) in [7, 11) is 0. The molecule has 0 aliphatic carbocycles. The van der Waals surface area contributed by atoms with E-state index in [1.807, 2.05) is 76.2 Å². The van der Waals surface area contributed by atoms with Crippen molar-refractivity contribution in [3.05, 3.63) is 105 Å². The third-order valence-corrected chi connectivity index (χ3v) is 6.69. The predicted molar refractivity (Wildman–Crippen MR) is 151 cm³/mol. The predicted octanol–water partition coefficient (Wildman–Crippen LogP) is 8.12. The molecule has 2 N–H and O–H groups in total. The molecular weight excluding hydrogens is 444 g/mol. The van der Waals surface area contributed by atoms with Gasteiger partial charge in [-0.15, -0.1) is 0 Å². The van der Waals surface area contributed by atoms with Crippen molar-refractivity contribution < 1.29 is 10.2 Å². The molecule has 0 fully saturated rings. The molecule has 4 rings (SSSR count). The summed E-state index contributed by atoms with van der Waals surface area (Å²) >= 11 is 0. The SMILES string of the molecule is Cc1ccc(C)c(C=Nc2cccc(C)c2-c2c(C)cccc2N=Cc2c(C)ccc(C)c2O)c1O. The Morgan fingerprint density at radius 2 is 0.833 bits per heavy atom. The highest BCUT2D eigenvalue weighted by atomic mass is 16.3. The first-order chi connectivity index (χ1) is 17.2. The van der Waals surface area contributed by atoms with Crippen LogP contribution in [0.2, 0.25) is 0 Å². The van der Waals surface area contributed by atoms with Gasteiger partial charge in [-0.3, -0.25) is 9.98 Å². The van der Waals surface area contributed by atoms with Crippen LogP contribution in [0.25, 0.3) is 11.1 Å². The minimum absolute atomic E-state index is 0.252. The van der Waals surface area contributed by atoms with Crippen LogP contribution >= 0.6 is 0 Å². The summed E-state index contributed by atoms with van der Waals surface area (Å²) in [6.45, 7) is 11.8. The first kappa shape index (κ1) is 24.9. The van der Waals surface area contributed by atoms with Gasteiger partial charge >= 0.3 is 0 Å². The number of rotatable bonds is 5. The fourth-order valence-electron chi connectivity index (χ4n) is 4.40. The summed E-state index contributed by atoms with van der Waals surface area (Å²) in [6, 6.07) is 19.9. The molecule has 0 bridgehead atoms. The van der Waals surface area contributed by atoms with E-state index >= 15 is 0 Å². The molecule has 4 aromatic rings. The maximum atomic E-state index is 10.6. The first-order valence-electron chi connectivity index (χ1n) is 12.0. The van der Waals surface area contributed by atoms with E-state index in [0.29, 0.717) is 0 Å². The molecule has 0 amide bonds. The van der Waals surface area contributed by atoms with Crippen LogP contribution in [0.15, 0.2) is 70.6 Å². The minimum Gasteiger partial charge on any atom is -0.507 e. The molecule has 0 unspecified atom stereocenters. The van der Waals surface area contributed by atoms with Crippen LogP contribution in [0.4, 0.5) is 11.4 Å². The van der Waals surface area contributed by atoms with E-state index < -0.39 is 0 Å². The smallest absolute Gasteiger partial charge is 0.127 e. The average Bonchev–Trinajstić information content (AvgIpc) is 2.85. The Morgan fingerprint density at radius 3 is 1.22 bits per heavy atom. The van der Waals surface area contributed by atoms with Crippen LogP contribution in [0.5, 0.6) is 11.5 Å². The Kier molecular flexibility index (Phi) is 7.07. The zero-order valence-electron chi connectivity index (χ0n) is 21.7. The van der Waals surface area contributed by atoms with Crippen molar-refractivity contribution in [3.8, 4) is 22.6 Å². The number of aryl methyl sites for hydroxylation is 6. The zero-order valence-corrected chi connectivity index (χ0v) is 21.7. The van der Waals surface area contributed by atoms with Gasteiger partial charge in [0.25, 0.3) is 0 Å². The minimum atomic E-state index is 0.252. The van der Waals surface area contributed by atoms with Crippen LogP contribution < -0.4 is 0 Å². The maximum Gasteiger partial charge on any atom is 0.127 e. The van der Waals surface area contributed by atoms with Crippen molar-refractivity contribution in [2.24, 2.45) is 9.98 Å². The van der Waals surface area contributed by atoms with E-state index in [0.717, 1.165) is 67.0 Å². The molecule has 0 aromatic heterocycles. The molecule has 0 heterocycles. The number of phenols is 2. The van der Waals surface area contributed by atoms with Gasteiger partial charge in [-0.1, -0.05) is 48.5 Å². The highest BCUT2D eigenvalue weighted by Crippen LogP contribution is 2.41. The van der Waals surface area contributed by atoms with Gasteiger partial charge in [0.2, 0.25) is 0 Å². The fourth-order valence-corrected chi connectivity index (χ4v) is 4.40. The summed E-state index contributed by atoms with van der Waals surface area (Å²) in [4.78, 5) is 9.68. The number of hydrogen-bond donors (Lipinski definition) is 2. The summed E-state index contributed by atoms with van der Waals surface area (Å²) in [5.41, 5.74) is 10.7. The molecule has 0 saturated carbocycles. The second kappa shape index (κ2) is 10.2. The first-order valence-corrected chi connectivity index (χ1v) is 12.0. The quantitative estimate of drug-likeness (QED) is 0.286. The van der Waals surface area contributed by atoms with E-state index in [1.54, 1.807) is 12.4 Å². The van der Waals surface area contributed by atoms with E-state index in [-0.39, 0.29) is 11.5 Å².